The molecule has 0 bridgehead atoms. The molecule has 0 heterocycles. The second-order valence-electron chi connectivity index (χ2n) is 4.82. The number of aliphatic hydroxyl groups is 1. The van der Waals surface area contributed by atoms with Gasteiger partial charge in [-0.2, -0.15) is 0 Å². The molecule has 0 aliphatic rings. The largest absolute Gasteiger partial charge is 0.497 e. The Morgan fingerprint density at radius 3 is 2.78 bits per heavy atom. The van der Waals surface area contributed by atoms with Crippen molar-refractivity contribution in [1.82, 2.24) is 5.32 Å². The third kappa shape index (κ3) is 4.96. The van der Waals surface area contributed by atoms with E-state index in [0.717, 1.165) is 0 Å². The first-order valence-corrected chi connectivity index (χ1v) is 7.06. The first-order chi connectivity index (χ1) is 11.1. The summed E-state index contributed by atoms with van der Waals surface area (Å²) in [4.78, 5) is 11.7. The normalized spacial score (nSPS) is 11.6. The number of benzene rings is 2. The van der Waals surface area contributed by atoms with Gasteiger partial charge in [0.15, 0.2) is 18.2 Å². The molecule has 23 heavy (non-hydrogen) atoms. The number of ether oxygens (including phenoxy) is 2. The molecule has 2 N–H and O–H groups in total. The van der Waals surface area contributed by atoms with Crippen molar-refractivity contribution in [2.75, 3.05) is 20.3 Å². The molecule has 0 aliphatic heterocycles. The SMILES string of the molecule is COc1cccc([C@H](O)CNC(=O)COc2ccccc2F)c1. The van der Waals surface area contributed by atoms with Crippen LogP contribution in [-0.2, 0) is 4.79 Å². The number of carbonyl (C=O) groups excluding carboxylic acids is 1. The van der Waals surface area contributed by atoms with Crippen molar-refractivity contribution in [3.05, 3.63) is 59.9 Å². The van der Waals surface area contributed by atoms with Crippen molar-refractivity contribution in [2.45, 2.75) is 6.10 Å². The van der Waals surface area contributed by atoms with Crippen molar-refractivity contribution in [3.63, 3.8) is 0 Å². The van der Waals surface area contributed by atoms with Gasteiger partial charge in [-0.05, 0) is 29.8 Å². The number of aliphatic hydroxyl groups excluding tert-OH is 1. The summed E-state index contributed by atoms with van der Waals surface area (Å²) in [6, 6.07) is 12.8. The standard InChI is InChI=1S/C17H18FNO4/c1-22-13-6-4-5-12(9-13)15(20)10-19-17(21)11-23-16-8-3-2-7-14(16)18/h2-9,15,20H,10-11H2,1H3,(H,19,21)/t15-/m1/s1. The van der Waals surface area contributed by atoms with Gasteiger partial charge >= 0.3 is 0 Å². The highest BCUT2D eigenvalue weighted by molar-refractivity contribution is 5.77. The van der Waals surface area contributed by atoms with E-state index in [1.54, 1.807) is 30.3 Å². The molecule has 0 saturated heterocycles. The fourth-order valence-corrected chi connectivity index (χ4v) is 1.93. The van der Waals surface area contributed by atoms with Gasteiger partial charge < -0.3 is 19.9 Å². The van der Waals surface area contributed by atoms with Gasteiger partial charge in [0.25, 0.3) is 5.91 Å². The van der Waals surface area contributed by atoms with Gasteiger partial charge in [-0.15, -0.1) is 0 Å². The summed E-state index contributed by atoms with van der Waals surface area (Å²) in [5, 5.41) is 12.6. The molecule has 0 fully saturated rings. The molecule has 1 atom stereocenters. The number of rotatable bonds is 7. The summed E-state index contributed by atoms with van der Waals surface area (Å²) in [5.74, 6) is -0.348. The number of para-hydroxylation sites is 1. The second-order valence-corrected chi connectivity index (χ2v) is 4.82. The fraction of sp³-hybridized carbons (Fsp3) is 0.235. The predicted octanol–water partition coefficient (Wildman–Crippen LogP) is 2.06. The Morgan fingerprint density at radius 2 is 2.04 bits per heavy atom. The Morgan fingerprint density at radius 1 is 1.26 bits per heavy atom. The topological polar surface area (TPSA) is 67.8 Å². The van der Waals surface area contributed by atoms with Crippen LogP contribution in [0.5, 0.6) is 11.5 Å². The molecule has 2 aromatic carbocycles. The average molecular weight is 319 g/mol. The molecule has 0 spiro atoms. The molecule has 2 rings (SSSR count). The molecule has 0 radical (unpaired) electrons. The van der Waals surface area contributed by atoms with Gasteiger partial charge in [0, 0.05) is 6.54 Å². The smallest absolute Gasteiger partial charge is 0.258 e. The minimum atomic E-state index is -0.873. The molecular formula is C17H18FNO4. The molecule has 5 nitrogen and oxygen atoms in total. The predicted molar refractivity (Wildman–Crippen MR) is 82.9 cm³/mol. The van der Waals surface area contributed by atoms with E-state index < -0.39 is 17.8 Å². The van der Waals surface area contributed by atoms with Crippen LogP contribution in [-0.4, -0.2) is 31.3 Å². The minimum Gasteiger partial charge on any atom is -0.497 e. The van der Waals surface area contributed by atoms with Gasteiger partial charge in [0.1, 0.15) is 5.75 Å². The van der Waals surface area contributed by atoms with Crippen LogP contribution < -0.4 is 14.8 Å². The average Bonchev–Trinajstić information content (AvgIpc) is 2.59. The molecule has 0 saturated carbocycles. The zero-order valence-corrected chi connectivity index (χ0v) is 12.7. The van der Waals surface area contributed by atoms with Crippen molar-refractivity contribution in [2.24, 2.45) is 0 Å². The van der Waals surface area contributed by atoms with E-state index in [9.17, 15) is 14.3 Å². The van der Waals surface area contributed by atoms with Gasteiger partial charge in [-0.3, -0.25) is 4.79 Å². The molecule has 0 aromatic heterocycles. The maximum absolute atomic E-state index is 13.3. The molecular weight excluding hydrogens is 301 g/mol. The first kappa shape index (κ1) is 16.8. The second kappa shape index (κ2) is 8.14. The summed E-state index contributed by atoms with van der Waals surface area (Å²) in [6.07, 6.45) is -0.873. The molecule has 1 amide bonds. The number of halogens is 1. The highest BCUT2D eigenvalue weighted by Gasteiger charge is 2.11. The highest BCUT2D eigenvalue weighted by atomic mass is 19.1. The number of amides is 1. The van der Waals surface area contributed by atoms with Crippen molar-refractivity contribution in [1.29, 1.82) is 0 Å². The maximum atomic E-state index is 13.3. The zero-order chi connectivity index (χ0) is 16.7. The van der Waals surface area contributed by atoms with Crippen LogP contribution in [0.15, 0.2) is 48.5 Å². The highest BCUT2D eigenvalue weighted by Crippen LogP contribution is 2.18. The lowest BCUT2D eigenvalue weighted by Gasteiger charge is -2.13. The lowest BCUT2D eigenvalue weighted by atomic mass is 10.1. The summed E-state index contributed by atoms with van der Waals surface area (Å²) >= 11 is 0. The third-order valence-corrected chi connectivity index (χ3v) is 3.17. The summed E-state index contributed by atoms with van der Waals surface area (Å²) in [7, 11) is 1.54. The van der Waals surface area contributed by atoms with E-state index in [1.807, 2.05) is 0 Å². The number of carbonyl (C=O) groups is 1. The van der Waals surface area contributed by atoms with Gasteiger partial charge in [-0.1, -0.05) is 24.3 Å². The summed E-state index contributed by atoms with van der Waals surface area (Å²) in [6.45, 7) is -0.307. The van der Waals surface area contributed by atoms with Crippen LogP contribution in [0.25, 0.3) is 0 Å². The Bertz CT molecular complexity index is 663. The maximum Gasteiger partial charge on any atom is 0.258 e. The lowest BCUT2D eigenvalue weighted by Crippen LogP contribution is -2.32. The minimum absolute atomic E-state index is 0.0102. The van der Waals surface area contributed by atoms with Crippen LogP contribution in [0, 0.1) is 5.82 Å². The number of methoxy groups -OCH3 is 1. The molecule has 0 aliphatic carbocycles. The molecule has 122 valence electrons. The van der Waals surface area contributed by atoms with Crippen molar-refractivity contribution < 1.29 is 23.8 Å². The first-order valence-electron chi connectivity index (χ1n) is 7.06. The van der Waals surface area contributed by atoms with E-state index >= 15 is 0 Å². The quantitative estimate of drug-likeness (QED) is 0.820. The van der Waals surface area contributed by atoms with E-state index in [-0.39, 0.29) is 18.9 Å². The van der Waals surface area contributed by atoms with E-state index in [4.69, 9.17) is 9.47 Å². The van der Waals surface area contributed by atoms with E-state index in [2.05, 4.69) is 5.32 Å². The Labute approximate surface area is 133 Å². The number of nitrogens with one attached hydrogen (secondary N) is 1. The molecule has 6 heteroatoms. The zero-order valence-electron chi connectivity index (χ0n) is 12.7. The number of hydrogen-bond donors (Lipinski definition) is 2. The van der Waals surface area contributed by atoms with Gasteiger partial charge in [0.2, 0.25) is 0 Å². The third-order valence-electron chi connectivity index (χ3n) is 3.17. The Kier molecular flexibility index (Phi) is 5.94. The van der Waals surface area contributed by atoms with Crippen LogP contribution in [0.1, 0.15) is 11.7 Å². The van der Waals surface area contributed by atoms with Crippen molar-refractivity contribution >= 4 is 5.91 Å². The fourth-order valence-electron chi connectivity index (χ4n) is 1.93. The molecule has 2 aromatic rings. The summed E-state index contributed by atoms with van der Waals surface area (Å²) in [5.41, 5.74) is 0.625. The van der Waals surface area contributed by atoms with Gasteiger partial charge in [0.05, 0.1) is 13.2 Å². The van der Waals surface area contributed by atoms with Crippen LogP contribution >= 0.6 is 0 Å². The van der Waals surface area contributed by atoms with Crippen molar-refractivity contribution in [3.8, 4) is 11.5 Å². The van der Waals surface area contributed by atoms with Crippen LogP contribution in [0.2, 0.25) is 0 Å². The van der Waals surface area contributed by atoms with Crippen LogP contribution in [0.4, 0.5) is 4.39 Å². The summed E-state index contributed by atoms with van der Waals surface area (Å²) < 4.78 is 23.5. The molecule has 0 unspecified atom stereocenters. The monoisotopic (exact) mass is 319 g/mol. The lowest BCUT2D eigenvalue weighted by molar-refractivity contribution is -0.123. The Hall–Kier alpha value is -2.60. The van der Waals surface area contributed by atoms with E-state index in [0.29, 0.717) is 11.3 Å². The number of hydrogen-bond acceptors (Lipinski definition) is 4. The Balaban J connectivity index is 1.80. The van der Waals surface area contributed by atoms with E-state index in [1.165, 1.54) is 25.3 Å². The van der Waals surface area contributed by atoms with Crippen LogP contribution in [0.3, 0.4) is 0 Å². The van der Waals surface area contributed by atoms with Gasteiger partial charge in [-0.25, -0.2) is 4.39 Å².